The van der Waals surface area contributed by atoms with Gasteiger partial charge in [0.15, 0.2) is 0 Å². The third kappa shape index (κ3) is 4.80. The van der Waals surface area contributed by atoms with Crippen LogP contribution in [-0.4, -0.2) is 6.36 Å². The molecule has 0 unspecified atom stereocenters. The number of hydrogen-bond donors (Lipinski definition) is 0. The van der Waals surface area contributed by atoms with Crippen LogP contribution in [0.2, 0.25) is 0 Å². The number of ether oxygens (including phenoxy) is 1. The van der Waals surface area contributed by atoms with Crippen LogP contribution < -0.4 is 4.74 Å². The second-order valence-corrected chi connectivity index (χ2v) is 4.83. The Morgan fingerprint density at radius 3 is 1.64 bits per heavy atom. The van der Waals surface area contributed by atoms with Crippen LogP contribution in [0.1, 0.15) is 11.1 Å². The molecular weight excluding hydrogens is 367 g/mol. The van der Waals surface area contributed by atoms with Crippen molar-refractivity contribution in [2.45, 2.75) is 18.7 Å². The molecule has 0 amide bonds. The van der Waals surface area contributed by atoms with Gasteiger partial charge in [-0.25, -0.2) is 0 Å². The van der Waals surface area contributed by atoms with Crippen LogP contribution in [0, 0.1) is 0 Å². The Morgan fingerprint density at radius 2 is 1.20 bits per heavy atom. The maximum Gasteiger partial charge on any atom is 0.573 e. The topological polar surface area (TPSA) is 9.23 Å². The molecule has 0 spiro atoms. The van der Waals surface area contributed by atoms with Crippen LogP contribution >= 0.6 is 0 Å². The summed E-state index contributed by atoms with van der Waals surface area (Å²) in [5.74, 6) is -0.711. The first-order valence-electron chi connectivity index (χ1n) is 6.42. The van der Waals surface area contributed by atoms with E-state index < -0.39 is 41.2 Å². The number of halogens is 9. The monoisotopic (exact) mass is 374 g/mol. The fourth-order valence-electron chi connectivity index (χ4n) is 2.04. The van der Waals surface area contributed by atoms with E-state index in [1.165, 1.54) is 0 Å². The molecule has 0 aliphatic heterocycles. The molecule has 1 nitrogen and oxygen atoms in total. The van der Waals surface area contributed by atoms with E-state index in [1.54, 1.807) is 0 Å². The maximum atomic E-state index is 13.0. The Hall–Kier alpha value is -2.39. The van der Waals surface area contributed by atoms with Crippen LogP contribution in [0.25, 0.3) is 11.1 Å². The summed E-state index contributed by atoms with van der Waals surface area (Å²) in [4.78, 5) is 0. The second kappa shape index (κ2) is 6.16. The van der Waals surface area contributed by atoms with Gasteiger partial charge in [-0.3, -0.25) is 0 Å². The van der Waals surface area contributed by atoms with Crippen LogP contribution in [0.4, 0.5) is 39.5 Å². The van der Waals surface area contributed by atoms with Crippen molar-refractivity contribution in [3.8, 4) is 16.9 Å². The largest absolute Gasteiger partial charge is 0.573 e. The van der Waals surface area contributed by atoms with Crippen molar-refractivity contribution in [1.29, 1.82) is 0 Å². The summed E-state index contributed by atoms with van der Waals surface area (Å²) in [7, 11) is 0. The lowest BCUT2D eigenvalue weighted by Crippen LogP contribution is -2.17. The summed E-state index contributed by atoms with van der Waals surface area (Å²) in [6, 6.07) is 3.90. The standard InChI is InChI=1S/C15H7F9O/c16-13(17,18)9-3-6-12(14(19,20)21)11(7-9)8-1-4-10(5-2-8)25-15(22,23)24/h1-7H. The van der Waals surface area contributed by atoms with Gasteiger partial charge in [-0.05, 0) is 41.5 Å². The van der Waals surface area contributed by atoms with Crippen molar-refractivity contribution in [2.24, 2.45) is 0 Å². The Bertz CT molecular complexity index is 740. The maximum absolute atomic E-state index is 13.0. The Kier molecular flexibility index (Phi) is 4.67. The summed E-state index contributed by atoms with van der Waals surface area (Å²) in [5.41, 5.74) is -3.80. The molecule has 2 rings (SSSR count). The molecule has 0 saturated carbocycles. The minimum Gasteiger partial charge on any atom is -0.406 e. The second-order valence-electron chi connectivity index (χ2n) is 4.83. The third-order valence-electron chi connectivity index (χ3n) is 3.05. The van der Waals surface area contributed by atoms with Gasteiger partial charge >= 0.3 is 18.7 Å². The molecule has 0 bridgehead atoms. The van der Waals surface area contributed by atoms with Crippen molar-refractivity contribution in [3.05, 3.63) is 53.6 Å². The van der Waals surface area contributed by atoms with Gasteiger partial charge in [0, 0.05) is 0 Å². The minimum atomic E-state index is -5.01. The highest BCUT2D eigenvalue weighted by Crippen LogP contribution is 2.41. The van der Waals surface area contributed by atoms with Crippen LogP contribution in [0.3, 0.4) is 0 Å². The molecular formula is C15H7F9O. The van der Waals surface area contributed by atoms with Gasteiger partial charge in [-0.15, -0.1) is 13.2 Å². The quantitative estimate of drug-likeness (QED) is 0.562. The fourth-order valence-corrected chi connectivity index (χ4v) is 2.04. The number of hydrogen-bond acceptors (Lipinski definition) is 1. The summed E-state index contributed by atoms with van der Waals surface area (Å²) in [6.45, 7) is 0. The zero-order valence-electron chi connectivity index (χ0n) is 11.9. The van der Waals surface area contributed by atoms with E-state index in [0.717, 1.165) is 12.1 Å². The molecule has 25 heavy (non-hydrogen) atoms. The van der Waals surface area contributed by atoms with E-state index >= 15 is 0 Å². The molecule has 0 saturated heterocycles. The molecule has 2 aromatic rings. The molecule has 136 valence electrons. The Balaban J connectivity index is 2.52. The first kappa shape index (κ1) is 18.9. The lowest BCUT2D eigenvalue weighted by atomic mass is 9.96. The fraction of sp³-hybridized carbons (Fsp3) is 0.200. The van der Waals surface area contributed by atoms with Crippen molar-refractivity contribution in [3.63, 3.8) is 0 Å². The lowest BCUT2D eigenvalue weighted by molar-refractivity contribution is -0.274. The van der Waals surface area contributed by atoms with E-state index in [4.69, 9.17) is 0 Å². The van der Waals surface area contributed by atoms with Gasteiger partial charge in [-0.2, -0.15) is 26.3 Å². The Morgan fingerprint density at radius 1 is 0.640 bits per heavy atom. The van der Waals surface area contributed by atoms with Crippen LogP contribution in [-0.2, 0) is 12.4 Å². The summed E-state index contributed by atoms with van der Waals surface area (Å²) < 4.78 is 117. The molecule has 0 aliphatic carbocycles. The highest BCUT2D eigenvalue weighted by molar-refractivity contribution is 5.69. The first-order chi connectivity index (χ1) is 11.3. The van der Waals surface area contributed by atoms with E-state index in [2.05, 4.69) is 4.74 Å². The molecule has 0 aliphatic rings. The van der Waals surface area contributed by atoms with E-state index in [9.17, 15) is 39.5 Å². The van der Waals surface area contributed by atoms with Gasteiger partial charge in [0.1, 0.15) is 5.75 Å². The normalized spacial score (nSPS) is 13.0. The van der Waals surface area contributed by atoms with E-state index in [-0.39, 0.29) is 17.7 Å². The molecule has 0 N–H and O–H groups in total. The van der Waals surface area contributed by atoms with Crippen molar-refractivity contribution < 1.29 is 44.3 Å². The number of rotatable bonds is 2. The summed E-state index contributed by atoms with van der Waals surface area (Å²) in [6.07, 6.45) is -14.8. The van der Waals surface area contributed by atoms with Crippen LogP contribution in [0.5, 0.6) is 5.75 Å². The first-order valence-corrected chi connectivity index (χ1v) is 6.42. The average Bonchev–Trinajstić information content (AvgIpc) is 2.44. The molecule has 2 aromatic carbocycles. The van der Waals surface area contributed by atoms with Crippen molar-refractivity contribution in [1.82, 2.24) is 0 Å². The summed E-state index contributed by atoms with van der Waals surface area (Å²) >= 11 is 0. The highest BCUT2D eigenvalue weighted by atomic mass is 19.4. The van der Waals surface area contributed by atoms with E-state index in [1.807, 2.05) is 0 Å². The zero-order chi connectivity index (χ0) is 19.0. The molecule has 0 atom stereocenters. The lowest BCUT2D eigenvalue weighted by Gasteiger charge is -2.16. The van der Waals surface area contributed by atoms with Gasteiger partial charge < -0.3 is 4.74 Å². The van der Waals surface area contributed by atoms with Gasteiger partial charge in [0.25, 0.3) is 0 Å². The third-order valence-corrected chi connectivity index (χ3v) is 3.05. The molecule has 10 heteroatoms. The highest BCUT2D eigenvalue weighted by Gasteiger charge is 2.37. The van der Waals surface area contributed by atoms with Gasteiger partial charge in [0.2, 0.25) is 0 Å². The Labute approximate surface area is 134 Å². The van der Waals surface area contributed by atoms with Gasteiger partial charge in [-0.1, -0.05) is 12.1 Å². The van der Waals surface area contributed by atoms with Crippen LogP contribution in [0.15, 0.2) is 42.5 Å². The number of benzene rings is 2. The summed E-state index contributed by atoms with van der Waals surface area (Å²) in [5, 5.41) is 0. The molecule has 0 aromatic heterocycles. The minimum absolute atomic E-state index is 0.276. The smallest absolute Gasteiger partial charge is 0.406 e. The molecule has 0 heterocycles. The van der Waals surface area contributed by atoms with Crippen molar-refractivity contribution >= 4 is 0 Å². The predicted molar refractivity (Wildman–Crippen MR) is 68.6 cm³/mol. The average molecular weight is 374 g/mol. The van der Waals surface area contributed by atoms with Gasteiger partial charge in [0.05, 0.1) is 11.1 Å². The molecule has 0 radical (unpaired) electrons. The zero-order valence-corrected chi connectivity index (χ0v) is 11.9. The number of alkyl halides is 9. The molecule has 0 fully saturated rings. The van der Waals surface area contributed by atoms with E-state index in [0.29, 0.717) is 18.2 Å². The predicted octanol–water partition coefficient (Wildman–Crippen LogP) is 6.29. The van der Waals surface area contributed by atoms with Crippen molar-refractivity contribution in [2.75, 3.05) is 0 Å². The SMILES string of the molecule is FC(F)(F)Oc1ccc(-c2cc(C(F)(F)F)ccc2C(F)(F)F)cc1.